The first-order valence-electron chi connectivity index (χ1n) is 12.5. The van der Waals surface area contributed by atoms with Crippen molar-refractivity contribution < 1.29 is 23.1 Å². The summed E-state index contributed by atoms with van der Waals surface area (Å²) in [5.74, 6) is -1.38. The average Bonchev–Trinajstić information content (AvgIpc) is 3.48. The van der Waals surface area contributed by atoms with Crippen molar-refractivity contribution in [3.05, 3.63) is 71.3 Å². The summed E-state index contributed by atoms with van der Waals surface area (Å²) in [5.41, 5.74) is 2.50. The molecule has 0 radical (unpaired) electrons. The highest BCUT2D eigenvalue weighted by atomic mass is 32.2. The van der Waals surface area contributed by atoms with Crippen LogP contribution >= 0.6 is 24.0 Å². The molecule has 2 aromatic carbocycles. The van der Waals surface area contributed by atoms with Crippen LogP contribution in [-0.2, 0) is 19.6 Å². The van der Waals surface area contributed by atoms with E-state index >= 15 is 0 Å². The highest BCUT2D eigenvalue weighted by molar-refractivity contribution is 8.26. The standard InChI is InChI=1S/C27H26N4O5S3/c32-24(33)12-15-30-26(34)23(38-27(30)37)17-20-18-31(21-9-3-1-4-10-21)28-25(20)19-8-7-11-22(16-19)39(35,36)29-13-5-2-6-14-29/h1,3-4,7-11,16-18H,2,5-6,12-15H2,(H,32,33)/b23-17-. The summed E-state index contributed by atoms with van der Waals surface area (Å²) >= 11 is 6.43. The summed E-state index contributed by atoms with van der Waals surface area (Å²) in [7, 11) is -3.66. The Morgan fingerprint density at radius 1 is 1.08 bits per heavy atom. The second-order valence-corrected chi connectivity index (χ2v) is 12.8. The fourth-order valence-electron chi connectivity index (χ4n) is 4.53. The van der Waals surface area contributed by atoms with Gasteiger partial charge in [-0.2, -0.15) is 9.40 Å². The second kappa shape index (κ2) is 11.4. The highest BCUT2D eigenvalue weighted by Gasteiger charge is 2.33. The summed E-state index contributed by atoms with van der Waals surface area (Å²) in [5, 5.41) is 13.8. The fourth-order valence-corrected chi connectivity index (χ4v) is 7.39. The predicted molar refractivity (Wildman–Crippen MR) is 154 cm³/mol. The van der Waals surface area contributed by atoms with Crippen molar-refractivity contribution in [3.8, 4) is 16.9 Å². The van der Waals surface area contributed by atoms with Gasteiger partial charge in [-0.05, 0) is 43.2 Å². The number of thioether (sulfide) groups is 1. The molecular weight excluding hydrogens is 557 g/mol. The summed E-state index contributed by atoms with van der Waals surface area (Å²) in [4.78, 5) is 25.9. The van der Waals surface area contributed by atoms with Gasteiger partial charge < -0.3 is 5.11 Å². The molecule has 0 spiro atoms. The van der Waals surface area contributed by atoms with Gasteiger partial charge in [0, 0.05) is 37.0 Å². The Morgan fingerprint density at radius 2 is 1.82 bits per heavy atom. The molecule has 1 aromatic heterocycles. The zero-order valence-electron chi connectivity index (χ0n) is 20.9. The Kier molecular flexibility index (Phi) is 7.98. The summed E-state index contributed by atoms with van der Waals surface area (Å²) in [6.07, 6.45) is 5.95. The van der Waals surface area contributed by atoms with Crippen LogP contribution in [0.5, 0.6) is 0 Å². The van der Waals surface area contributed by atoms with Crippen molar-refractivity contribution in [2.24, 2.45) is 0 Å². The van der Waals surface area contributed by atoms with Gasteiger partial charge in [0.2, 0.25) is 10.0 Å². The molecule has 39 heavy (non-hydrogen) atoms. The predicted octanol–water partition coefficient (Wildman–Crippen LogP) is 4.39. The molecule has 3 heterocycles. The summed E-state index contributed by atoms with van der Waals surface area (Å²) in [6, 6.07) is 16.2. The minimum absolute atomic E-state index is 0.0100. The third-order valence-corrected chi connectivity index (χ3v) is 9.81. The van der Waals surface area contributed by atoms with Gasteiger partial charge in [0.05, 0.1) is 21.9 Å². The van der Waals surface area contributed by atoms with Crippen LogP contribution in [0, 0.1) is 0 Å². The van der Waals surface area contributed by atoms with E-state index in [2.05, 4.69) is 0 Å². The molecular formula is C27H26N4O5S3. The number of sulfonamides is 1. The van der Waals surface area contributed by atoms with E-state index in [9.17, 15) is 18.0 Å². The number of carboxylic acid groups (broad SMARTS) is 1. The Labute approximate surface area is 236 Å². The number of piperidine rings is 1. The Hall–Kier alpha value is -3.32. The minimum Gasteiger partial charge on any atom is -0.481 e. The molecule has 1 amide bonds. The molecule has 9 nitrogen and oxygen atoms in total. The first-order valence-corrected chi connectivity index (χ1v) is 15.1. The van der Waals surface area contributed by atoms with E-state index in [1.807, 2.05) is 30.3 Å². The monoisotopic (exact) mass is 582 g/mol. The summed E-state index contributed by atoms with van der Waals surface area (Å²) in [6.45, 7) is 0.998. The normalized spacial score (nSPS) is 17.7. The molecule has 0 aliphatic carbocycles. The third kappa shape index (κ3) is 5.83. The van der Waals surface area contributed by atoms with Crippen LogP contribution in [-0.4, -0.2) is 68.3 Å². The molecule has 1 N–H and O–H groups in total. The summed E-state index contributed by atoms with van der Waals surface area (Å²) < 4.78 is 30.2. The minimum atomic E-state index is -3.66. The van der Waals surface area contributed by atoms with Crippen molar-refractivity contribution in [1.82, 2.24) is 19.0 Å². The zero-order chi connectivity index (χ0) is 27.6. The zero-order valence-corrected chi connectivity index (χ0v) is 23.3. The van der Waals surface area contributed by atoms with Gasteiger partial charge in [0.15, 0.2) is 0 Å². The van der Waals surface area contributed by atoms with E-state index in [0.717, 1.165) is 36.7 Å². The third-order valence-electron chi connectivity index (χ3n) is 6.53. The number of hydrogen-bond donors (Lipinski definition) is 1. The molecule has 202 valence electrons. The van der Waals surface area contributed by atoms with Gasteiger partial charge in [-0.3, -0.25) is 14.5 Å². The molecule has 2 aliphatic rings. The number of nitrogens with zero attached hydrogens (tertiary/aromatic N) is 4. The molecule has 0 unspecified atom stereocenters. The van der Waals surface area contributed by atoms with Crippen molar-refractivity contribution >= 4 is 56.3 Å². The number of carbonyl (C=O) groups is 2. The van der Waals surface area contributed by atoms with Gasteiger partial charge in [0.1, 0.15) is 10.0 Å². The van der Waals surface area contributed by atoms with E-state index in [4.69, 9.17) is 22.4 Å². The first kappa shape index (κ1) is 27.3. The van der Waals surface area contributed by atoms with Crippen molar-refractivity contribution in [1.29, 1.82) is 0 Å². The number of aliphatic carboxylic acids is 1. The van der Waals surface area contributed by atoms with Crippen molar-refractivity contribution in [2.75, 3.05) is 19.6 Å². The number of rotatable bonds is 8. The Bertz CT molecular complexity index is 1560. The molecule has 0 atom stereocenters. The van der Waals surface area contributed by atoms with Crippen LogP contribution in [0.2, 0.25) is 0 Å². The molecule has 2 saturated heterocycles. The van der Waals surface area contributed by atoms with E-state index in [1.54, 1.807) is 41.2 Å². The number of thiocarbonyl (C=S) groups is 1. The lowest BCUT2D eigenvalue weighted by Gasteiger charge is -2.26. The number of carbonyl (C=O) groups excluding carboxylic acids is 1. The van der Waals surface area contributed by atoms with Crippen molar-refractivity contribution in [2.45, 2.75) is 30.6 Å². The van der Waals surface area contributed by atoms with Crippen LogP contribution < -0.4 is 0 Å². The Balaban J connectivity index is 1.55. The first-order chi connectivity index (χ1) is 18.7. The number of carboxylic acids is 1. The van der Waals surface area contributed by atoms with E-state index in [0.29, 0.717) is 39.1 Å². The molecule has 3 aromatic rings. The molecule has 0 saturated carbocycles. The number of hydrogen-bond acceptors (Lipinski definition) is 7. The lowest BCUT2D eigenvalue weighted by molar-refractivity contribution is -0.137. The van der Waals surface area contributed by atoms with E-state index < -0.39 is 16.0 Å². The number of benzene rings is 2. The molecule has 2 fully saturated rings. The van der Waals surface area contributed by atoms with Crippen LogP contribution in [0.15, 0.2) is 70.6 Å². The lowest BCUT2D eigenvalue weighted by Crippen LogP contribution is -2.35. The van der Waals surface area contributed by atoms with E-state index in [1.165, 1.54) is 9.21 Å². The van der Waals surface area contributed by atoms with Gasteiger partial charge in [-0.25, -0.2) is 13.1 Å². The average molecular weight is 583 g/mol. The number of aromatic nitrogens is 2. The van der Waals surface area contributed by atoms with E-state index in [-0.39, 0.29) is 23.8 Å². The van der Waals surface area contributed by atoms with Gasteiger partial charge in [0.25, 0.3) is 5.91 Å². The van der Waals surface area contributed by atoms with Crippen LogP contribution in [0.1, 0.15) is 31.2 Å². The van der Waals surface area contributed by atoms with Gasteiger partial charge in [-0.1, -0.05) is 60.7 Å². The maximum absolute atomic E-state index is 13.4. The molecule has 0 bridgehead atoms. The van der Waals surface area contributed by atoms with Gasteiger partial charge >= 0.3 is 5.97 Å². The van der Waals surface area contributed by atoms with Crippen LogP contribution in [0.3, 0.4) is 0 Å². The maximum atomic E-state index is 13.4. The molecule has 2 aliphatic heterocycles. The fraction of sp³-hybridized carbons (Fsp3) is 0.259. The van der Waals surface area contributed by atoms with Crippen molar-refractivity contribution in [3.63, 3.8) is 0 Å². The van der Waals surface area contributed by atoms with Crippen LogP contribution in [0.25, 0.3) is 23.0 Å². The Morgan fingerprint density at radius 3 is 2.54 bits per heavy atom. The highest BCUT2D eigenvalue weighted by Crippen LogP contribution is 2.35. The number of amides is 1. The smallest absolute Gasteiger partial charge is 0.305 e. The quantitative estimate of drug-likeness (QED) is 0.308. The van der Waals surface area contributed by atoms with Gasteiger partial charge in [-0.15, -0.1) is 0 Å². The second-order valence-electron chi connectivity index (χ2n) is 9.18. The molecule has 5 rings (SSSR count). The number of para-hydroxylation sites is 1. The van der Waals surface area contributed by atoms with Crippen LogP contribution in [0.4, 0.5) is 0 Å². The lowest BCUT2D eigenvalue weighted by atomic mass is 10.1. The SMILES string of the molecule is O=C(O)CCN1C(=O)/C(=C/c2cn(-c3ccccc3)nc2-c2cccc(S(=O)(=O)N3CCCCC3)c2)SC1=S. The molecule has 12 heteroatoms. The topological polar surface area (TPSA) is 113 Å². The largest absolute Gasteiger partial charge is 0.481 e. The maximum Gasteiger partial charge on any atom is 0.305 e.